The molecule has 1 fully saturated rings. The average Bonchev–Trinajstić information content (AvgIpc) is 3.20. The summed E-state index contributed by atoms with van der Waals surface area (Å²) in [5.41, 5.74) is 3.72. The molecule has 3 N–H and O–H groups in total. The van der Waals surface area contributed by atoms with E-state index in [0.717, 1.165) is 48.5 Å². The van der Waals surface area contributed by atoms with Crippen LogP contribution in [0.25, 0.3) is 0 Å². The first-order valence-corrected chi connectivity index (χ1v) is 6.78. The second kappa shape index (κ2) is 5.52. The maximum absolute atomic E-state index is 5.54. The van der Waals surface area contributed by atoms with Crippen LogP contribution in [-0.4, -0.2) is 23.1 Å². The largest absolute Gasteiger partial charge is 0.356 e. The molecule has 0 aromatic carbocycles. The Hall–Kier alpha value is -1.36. The van der Waals surface area contributed by atoms with Gasteiger partial charge in [0.1, 0.15) is 17.5 Å². The Balaban J connectivity index is 2.32. The number of nitrogens with two attached hydrogens (primary N) is 1. The van der Waals surface area contributed by atoms with Gasteiger partial charge >= 0.3 is 0 Å². The zero-order valence-electron chi connectivity index (χ0n) is 11.5. The van der Waals surface area contributed by atoms with Crippen LogP contribution in [0.1, 0.15) is 38.1 Å². The van der Waals surface area contributed by atoms with Crippen molar-refractivity contribution < 1.29 is 0 Å². The highest BCUT2D eigenvalue weighted by atomic mass is 15.3. The van der Waals surface area contributed by atoms with Gasteiger partial charge in [-0.25, -0.2) is 15.8 Å². The Kier molecular flexibility index (Phi) is 4.01. The van der Waals surface area contributed by atoms with Crippen molar-refractivity contribution >= 4 is 11.6 Å². The monoisotopic (exact) mass is 249 g/mol. The van der Waals surface area contributed by atoms with Crippen LogP contribution < -0.4 is 16.2 Å². The molecule has 0 amide bonds. The van der Waals surface area contributed by atoms with E-state index in [-0.39, 0.29) is 0 Å². The number of hydrogen-bond acceptors (Lipinski definition) is 5. The molecule has 0 aliphatic heterocycles. The van der Waals surface area contributed by atoms with Crippen LogP contribution in [0.15, 0.2) is 0 Å². The Morgan fingerprint density at radius 2 is 2.06 bits per heavy atom. The van der Waals surface area contributed by atoms with Gasteiger partial charge in [0.2, 0.25) is 0 Å². The Morgan fingerprint density at radius 1 is 1.33 bits per heavy atom. The summed E-state index contributed by atoms with van der Waals surface area (Å²) in [4.78, 5) is 11.4. The molecule has 0 atom stereocenters. The van der Waals surface area contributed by atoms with Crippen molar-refractivity contribution in [1.29, 1.82) is 0 Å². The number of nitrogens with zero attached hydrogens (tertiary/aromatic N) is 3. The molecule has 0 spiro atoms. The SMILES string of the molecule is CCc1nc(NN)c(C)c(N(CC)CC2CC2)n1. The number of nitrogens with one attached hydrogen (secondary N) is 1. The van der Waals surface area contributed by atoms with Gasteiger partial charge in [0, 0.05) is 25.1 Å². The first-order valence-electron chi connectivity index (χ1n) is 6.78. The van der Waals surface area contributed by atoms with Gasteiger partial charge in [0.25, 0.3) is 0 Å². The number of aromatic nitrogens is 2. The third kappa shape index (κ3) is 2.72. The molecule has 1 saturated carbocycles. The van der Waals surface area contributed by atoms with E-state index in [4.69, 9.17) is 5.84 Å². The van der Waals surface area contributed by atoms with Crippen molar-refractivity contribution in [1.82, 2.24) is 9.97 Å². The number of nitrogen functional groups attached to an aromatic ring is 1. The minimum atomic E-state index is 0.742. The van der Waals surface area contributed by atoms with Gasteiger partial charge < -0.3 is 10.3 Å². The molecule has 100 valence electrons. The van der Waals surface area contributed by atoms with Gasteiger partial charge in [-0.15, -0.1) is 0 Å². The zero-order valence-corrected chi connectivity index (χ0v) is 11.5. The lowest BCUT2D eigenvalue weighted by Crippen LogP contribution is -2.28. The Bertz CT molecular complexity index is 414. The fourth-order valence-corrected chi connectivity index (χ4v) is 2.13. The molecule has 5 nitrogen and oxygen atoms in total. The summed E-state index contributed by atoms with van der Waals surface area (Å²) in [6, 6.07) is 0. The highest BCUT2D eigenvalue weighted by Gasteiger charge is 2.25. The normalized spacial score (nSPS) is 14.7. The lowest BCUT2D eigenvalue weighted by molar-refractivity contribution is 0.722. The Labute approximate surface area is 109 Å². The molecule has 18 heavy (non-hydrogen) atoms. The molecule has 0 radical (unpaired) electrons. The van der Waals surface area contributed by atoms with Crippen molar-refractivity contribution in [3.05, 3.63) is 11.4 Å². The molecular weight excluding hydrogens is 226 g/mol. The molecule has 2 rings (SSSR count). The second-order valence-corrected chi connectivity index (χ2v) is 4.92. The lowest BCUT2D eigenvalue weighted by Gasteiger charge is -2.25. The standard InChI is InChI=1S/C13H23N5/c1-4-11-15-12(17-14)9(3)13(16-11)18(5-2)8-10-6-7-10/h10H,4-8,14H2,1-3H3,(H,15,16,17). The highest BCUT2D eigenvalue weighted by molar-refractivity contribution is 5.58. The summed E-state index contributed by atoms with van der Waals surface area (Å²) in [6.07, 6.45) is 3.52. The van der Waals surface area contributed by atoms with Crippen LogP contribution in [0.2, 0.25) is 0 Å². The van der Waals surface area contributed by atoms with E-state index in [9.17, 15) is 0 Å². The smallest absolute Gasteiger partial charge is 0.148 e. The van der Waals surface area contributed by atoms with E-state index in [2.05, 4.69) is 34.1 Å². The third-order valence-corrected chi connectivity index (χ3v) is 3.48. The molecular formula is C13H23N5. The van der Waals surface area contributed by atoms with Crippen LogP contribution in [0.3, 0.4) is 0 Å². The van der Waals surface area contributed by atoms with E-state index in [1.165, 1.54) is 12.8 Å². The van der Waals surface area contributed by atoms with Crippen LogP contribution in [0.4, 0.5) is 11.6 Å². The number of aryl methyl sites for hydroxylation is 1. The summed E-state index contributed by atoms with van der Waals surface area (Å²) in [7, 11) is 0. The molecule has 1 aromatic heterocycles. The zero-order chi connectivity index (χ0) is 13.1. The van der Waals surface area contributed by atoms with Gasteiger partial charge in [0.05, 0.1) is 0 Å². The molecule has 1 aliphatic carbocycles. The highest BCUT2D eigenvalue weighted by Crippen LogP contribution is 2.32. The molecule has 5 heteroatoms. The first-order chi connectivity index (χ1) is 8.69. The van der Waals surface area contributed by atoms with Gasteiger partial charge in [-0.05, 0) is 32.6 Å². The first kappa shape index (κ1) is 13.1. The van der Waals surface area contributed by atoms with Crippen molar-refractivity contribution in [3.63, 3.8) is 0 Å². The minimum Gasteiger partial charge on any atom is -0.356 e. The minimum absolute atomic E-state index is 0.742. The summed E-state index contributed by atoms with van der Waals surface area (Å²) < 4.78 is 0. The van der Waals surface area contributed by atoms with Crippen molar-refractivity contribution in [3.8, 4) is 0 Å². The average molecular weight is 249 g/mol. The second-order valence-electron chi connectivity index (χ2n) is 4.92. The summed E-state index contributed by atoms with van der Waals surface area (Å²) >= 11 is 0. The van der Waals surface area contributed by atoms with Gasteiger partial charge in [-0.2, -0.15) is 0 Å². The van der Waals surface area contributed by atoms with Crippen molar-refractivity contribution in [2.24, 2.45) is 11.8 Å². The fraction of sp³-hybridized carbons (Fsp3) is 0.692. The summed E-state index contributed by atoms with van der Waals surface area (Å²) in [6.45, 7) is 8.33. The summed E-state index contributed by atoms with van der Waals surface area (Å²) in [5, 5.41) is 0. The van der Waals surface area contributed by atoms with Crippen LogP contribution in [0.5, 0.6) is 0 Å². The van der Waals surface area contributed by atoms with Crippen molar-refractivity contribution in [2.75, 3.05) is 23.4 Å². The van der Waals surface area contributed by atoms with E-state index in [0.29, 0.717) is 0 Å². The van der Waals surface area contributed by atoms with E-state index in [1.807, 2.05) is 6.92 Å². The van der Waals surface area contributed by atoms with Crippen LogP contribution >= 0.6 is 0 Å². The van der Waals surface area contributed by atoms with E-state index >= 15 is 0 Å². The maximum atomic E-state index is 5.54. The van der Waals surface area contributed by atoms with Crippen LogP contribution in [0, 0.1) is 12.8 Å². The number of rotatable bonds is 6. The lowest BCUT2D eigenvalue weighted by atomic mass is 10.2. The van der Waals surface area contributed by atoms with E-state index < -0.39 is 0 Å². The molecule has 1 heterocycles. The molecule has 0 bridgehead atoms. The molecule has 0 saturated heterocycles. The molecule has 1 aromatic rings. The van der Waals surface area contributed by atoms with Crippen molar-refractivity contribution in [2.45, 2.75) is 40.0 Å². The van der Waals surface area contributed by atoms with Gasteiger partial charge in [-0.1, -0.05) is 6.92 Å². The van der Waals surface area contributed by atoms with Gasteiger partial charge in [0.15, 0.2) is 0 Å². The van der Waals surface area contributed by atoms with Gasteiger partial charge in [-0.3, -0.25) is 0 Å². The Morgan fingerprint density at radius 3 is 2.56 bits per heavy atom. The number of hydrazine groups is 1. The topological polar surface area (TPSA) is 67.1 Å². The summed E-state index contributed by atoms with van der Waals surface area (Å²) in [5.74, 6) is 9.00. The quantitative estimate of drug-likeness (QED) is 0.595. The number of anilines is 2. The third-order valence-electron chi connectivity index (χ3n) is 3.48. The molecule has 1 aliphatic rings. The van der Waals surface area contributed by atoms with Crippen LogP contribution in [-0.2, 0) is 6.42 Å². The fourth-order valence-electron chi connectivity index (χ4n) is 2.13. The molecule has 0 unspecified atom stereocenters. The predicted molar refractivity (Wildman–Crippen MR) is 74.6 cm³/mol. The number of hydrogen-bond donors (Lipinski definition) is 2. The maximum Gasteiger partial charge on any atom is 0.148 e. The van der Waals surface area contributed by atoms with E-state index in [1.54, 1.807) is 0 Å². The predicted octanol–water partition coefficient (Wildman–Crippen LogP) is 1.87.